The predicted molar refractivity (Wildman–Crippen MR) is 87.1 cm³/mol. The minimum Gasteiger partial charge on any atom is -0.374 e. The van der Waals surface area contributed by atoms with Crippen molar-refractivity contribution in [1.29, 1.82) is 0 Å². The van der Waals surface area contributed by atoms with Gasteiger partial charge in [0.2, 0.25) is 0 Å². The lowest BCUT2D eigenvalue weighted by Crippen LogP contribution is -2.47. The maximum absolute atomic E-state index is 11.3. The molecule has 0 spiro atoms. The first-order valence-electron chi connectivity index (χ1n) is 7.67. The Kier molecular flexibility index (Phi) is 11.8. The highest BCUT2D eigenvalue weighted by Gasteiger charge is 2.42. The molecule has 0 fully saturated rings. The summed E-state index contributed by atoms with van der Waals surface area (Å²) >= 11 is 3.92. The maximum Gasteiger partial charge on any atom is 0.501 e. The van der Waals surface area contributed by atoms with Crippen molar-refractivity contribution in [3.8, 4) is 0 Å². The molecular weight excluding hydrogens is 292 g/mol. The second kappa shape index (κ2) is 11.7. The molecule has 0 aromatic rings. The van der Waals surface area contributed by atoms with Gasteiger partial charge >= 0.3 is 8.80 Å². The minimum atomic E-state index is -2.66. The van der Waals surface area contributed by atoms with Crippen molar-refractivity contribution in [1.82, 2.24) is 0 Å². The van der Waals surface area contributed by atoms with Crippen molar-refractivity contribution in [2.75, 3.05) is 19.8 Å². The molecule has 1 atom stereocenters. The van der Waals surface area contributed by atoms with E-state index in [2.05, 4.69) is 19.6 Å². The van der Waals surface area contributed by atoms with Crippen molar-refractivity contribution >= 4 is 26.5 Å². The summed E-state index contributed by atoms with van der Waals surface area (Å²) in [7, 11) is -2.66. The third-order valence-electron chi connectivity index (χ3n) is 3.06. The van der Waals surface area contributed by atoms with Crippen molar-refractivity contribution in [3.63, 3.8) is 0 Å². The summed E-state index contributed by atoms with van der Waals surface area (Å²) < 4.78 is 17.6. The molecule has 0 heterocycles. The lowest BCUT2D eigenvalue weighted by Gasteiger charge is -2.31. The zero-order chi connectivity index (χ0) is 15.4. The van der Waals surface area contributed by atoms with Crippen LogP contribution in [-0.4, -0.2) is 33.7 Å². The Hall–Kier alpha value is 0.117. The summed E-state index contributed by atoms with van der Waals surface area (Å²) in [5, 5.41) is -0.0708. The van der Waals surface area contributed by atoms with Gasteiger partial charge in [-0.3, -0.25) is 4.79 Å². The second-order valence-corrected chi connectivity index (χ2v) is 7.93. The van der Waals surface area contributed by atoms with Gasteiger partial charge in [0.1, 0.15) is 0 Å². The minimum absolute atomic E-state index is 0.0708. The van der Waals surface area contributed by atoms with Crippen LogP contribution >= 0.6 is 12.6 Å². The molecule has 0 N–H and O–H groups in total. The Morgan fingerprint density at radius 2 is 1.55 bits per heavy atom. The number of thiol groups is 1. The van der Waals surface area contributed by atoms with Gasteiger partial charge in [-0.1, -0.05) is 26.2 Å². The van der Waals surface area contributed by atoms with Gasteiger partial charge in [-0.15, -0.1) is 12.6 Å². The molecule has 0 aliphatic heterocycles. The fourth-order valence-electron chi connectivity index (χ4n) is 2.33. The Bertz CT molecular complexity index is 247. The van der Waals surface area contributed by atoms with Gasteiger partial charge in [-0.25, -0.2) is 0 Å². The molecule has 0 radical (unpaired) electrons. The van der Waals surface area contributed by atoms with Crippen LogP contribution in [0.4, 0.5) is 0 Å². The SMILES string of the molecule is CCCCC(CC(=O)S)C[Si](OCC)(OCC)OCC. The van der Waals surface area contributed by atoms with Crippen molar-refractivity contribution < 1.29 is 18.1 Å². The number of carbonyl (C=O) groups is 1. The van der Waals surface area contributed by atoms with Gasteiger partial charge in [-0.05, 0) is 26.7 Å². The second-order valence-electron chi connectivity index (χ2n) is 4.79. The molecule has 1 unspecified atom stereocenters. The summed E-state index contributed by atoms with van der Waals surface area (Å²) in [6.07, 6.45) is 3.67. The molecule has 0 saturated carbocycles. The molecule has 20 heavy (non-hydrogen) atoms. The van der Waals surface area contributed by atoms with Crippen molar-refractivity contribution in [2.24, 2.45) is 5.92 Å². The zero-order valence-corrected chi connectivity index (χ0v) is 15.2. The molecule has 0 aromatic carbocycles. The molecule has 0 bridgehead atoms. The third kappa shape index (κ3) is 8.41. The molecule has 6 heteroatoms. The van der Waals surface area contributed by atoms with E-state index in [-0.39, 0.29) is 11.0 Å². The van der Waals surface area contributed by atoms with Crippen LogP contribution in [0.1, 0.15) is 53.4 Å². The Balaban J connectivity index is 4.85. The average molecular weight is 323 g/mol. The molecule has 0 saturated heterocycles. The summed E-state index contributed by atoms with van der Waals surface area (Å²) in [6, 6.07) is 0.703. The first-order valence-corrected chi connectivity index (χ1v) is 10.0. The van der Waals surface area contributed by atoms with Crippen LogP contribution < -0.4 is 0 Å². The predicted octanol–water partition coefficient (Wildman–Crippen LogP) is 3.69. The zero-order valence-electron chi connectivity index (χ0n) is 13.3. The first-order chi connectivity index (χ1) is 9.53. The smallest absolute Gasteiger partial charge is 0.374 e. The number of unbranched alkanes of at least 4 members (excludes halogenated alkanes) is 1. The number of hydrogen-bond acceptors (Lipinski definition) is 4. The van der Waals surface area contributed by atoms with E-state index >= 15 is 0 Å². The van der Waals surface area contributed by atoms with E-state index in [0.29, 0.717) is 32.3 Å². The standard InChI is InChI=1S/C14H30O4SSi/c1-5-9-10-13(11-14(15)19)12-20(16-6-2,17-7-3)18-8-4/h13H,5-12H2,1-4H3,(H,15,19). The lowest BCUT2D eigenvalue weighted by molar-refractivity contribution is -0.111. The van der Waals surface area contributed by atoms with E-state index in [1.807, 2.05) is 20.8 Å². The van der Waals surface area contributed by atoms with Gasteiger partial charge in [-0.2, -0.15) is 0 Å². The summed E-state index contributed by atoms with van der Waals surface area (Å²) in [5.41, 5.74) is 0. The fraction of sp³-hybridized carbons (Fsp3) is 0.929. The summed E-state index contributed by atoms with van der Waals surface area (Å²) in [6.45, 7) is 9.71. The van der Waals surface area contributed by atoms with Crippen LogP contribution in [0.15, 0.2) is 0 Å². The molecular formula is C14H30O4SSi. The van der Waals surface area contributed by atoms with Gasteiger partial charge < -0.3 is 13.3 Å². The van der Waals surface area contributed by atoms with E-state index in [4.69, 9.17) is 13.3 Å². The van der Waals surface area contributed by atoms with E-state index < -0.39 is 8.80 Å². The topological polar surface area (TPSA) is 44.8 Å². The number of rotatable bonds is 13. The Labute approximate surface area is 130 Å². The van der Waals surface area contributed by atoms with Gasteiger partial charge in [0.05, 0.1) is 0 Å². The quantitative estimate of drug-likeness (QED) is 0.415. The first kappa shape index (κ1) is 20.1. The van der Waals surface area contributed by atoms with Gasteiger partial charge in [0.25, 0.3) is 0 Å². The summed E-state index contributed by atoms with van der Waals surface area (Å²) in [5.74, 6) is 0.233. The monoisotopic (exact) mass is 322 g/mol. The van der Waals surface area contributed by atoms with E-state index in [0.717, 1.165) is 19.3 Å². The number of carbonyl (C=O) groups excluding carboxylic acids is 1. The van der Waals surface area contributed by atoms with E-state index in [1.54, 1.807) is 0 Å². The van der Waals surface area contributed by atoms with E-state index in [9.17, 15) is 4.79 Å². The highest BCUT2D eigenvalue weighted by molar-refractivity contribution is 7.96. The third-order valence-corrected chi connectivity index (χ3v) is 6.51. The van der Waals surface area contributed by atoms with E-state index in [1.165, 1.54) is 0 Å². The van der Waals surface area contributed by atoms with Crippen LogP contribution in [0.2, 0.25) is 6.04 Å². The van der Waals surface area contributed by atoms with Crippen LogP contribution in [0.3, 0.4) is 0 Å². The highest BCUT2D eigenvalue weighted by Crippen LogP contribution is 2.28. The van der Waals surface area contributed by atoms with Crippen LogP contribution in [0.5, 0.6) is 0 Å². The molecule has 120 valence electrons. The normalized spacial score (nSPS) is 13.4. The molecule has 4 nitrogen and oxygen atoms in total. The highest BCUT2D eigenvalue weighted by atomic mass is 32.1. The largest absolute Gasteiger partial charge is 0.501 e. The average Bonchev–Trinajstić information content (AvgIpc) is 2.36. The van der Waals surface area contributed by atoms with Crippen LogP contribution in [-0.2, 0) is 18.1 Å². The van der Waals surface area contributed by atoms with Crippen molar-refractivity contribution in [2.45, 2.75) is 59.4 Å². The number of hydrogen-bond donors (Lipinski definition) is 1. The van der Waals surface area contributed by atoms with Gasteiger partial charge in [0, 0.05) is 32.3 Å². The lowest BCUT2D eigenvalue weighted by atomic mass is 10.0. The Morgan fingerprint density at radius 1 is 1.05 bits per heavy atom. The summed E-state index contributed by atoms with van der Waals surface area (Å²) in [4.78, 5) is 11.3. The fourth-order valence-corrected chi connectivity index (χ4v) is 5.57. The molecule has 0 amide bonds. The van der Waals surface area contributed by atoms with Gasteiger partial charge in [0.15, 0.2) is 5.12 Å². The van der Waals surface area contributed by atoms with Crippen LogP contribution in [0, 0.1) is 5.92 Å². The Morgan fingerprint density at radius 3 is 1.90 bits per heavy atom. The maximum atomic E-state index is 11.3. The van der Waals surface area contributed by atoms with Crippen LogP contribution in [0.25, 0.3) is 0 Å². The van der Waals surface area contributed by atoms with Crippen molar-refractivity contribution in [3.05, 3.63) is 0 Å². The molecule has 0 aliphatic rings. The molecule has 0 aliphatic carbocycles. The molecule has 0 rings (SSSR count). The molecule has 0 aromatic heterocycles.